The van der Waals surface area contributed by atoms with Crippen LogP contribution < -0.4 is 5.56 Å². The summed E-state index contributed by atoms with van der Waals surface area (Å²) in [6.45, 7) is 2.42. The molecule has 1 fully saturated rings. The van der Waals surface area contributed by atoms with Gasteiger partial charge in [0, 0.05) is 12.6 Å². The third-order valence-electron chi connectivity index (χ3n) is 4.81. The molecule has 4 heterocycles. The lowest BCUT2D eigenvalue weighted by Crippen LogP contribution is -2.35. The van der Waals surface area contributed by atoms with Crippen LogP contribution in [-0.4, -0.2) is 47.5 Å². The monoisotopic (exact) mass is 369 g/mol. The van der Waals surface area contributed by atoms with E-state index >= 15 is 0 Å². The maximum Gasteiger partial charge on any atom is 0.264 e. The largest absolute Gasteiger partial charge is 0.343 e. The second-order valence-corrected chi connectivity index (χ2v) is 6.49. The highest BCUT2D eigenvalue weighted by Crippen LogP contribution is 2.30. The number of likely N-dealkylation sites (tertiary alicyclic amines) is 1. The number of aromatic amines is 1. The van der Waals surface area contributed by atoms with Gasteiger partial charge in [-0.1, -0.05) is 18.0 Å². The van der Waals surface area contributed by atoms with E-state index < -0.39 is 0 Å². The van der Waals surface area contributed by atoms with Crippen LogP contribution in [0.25, 0.3) is 5.82 Å². The fraction of sp³-hybridized carbons (Fsp3) is 0.412. The van der Waals surface area contributed by atoms with Gasteiger partial charge in [0.25, 0.3) is 11.5 Å². The number of nitrogens with zero attached hydrogens (tertiary/aromatic N) is 6. The van der Waals surface area contributed by atoms with Crippen molar-refractivity contribution in [1.82, 2.24) is 35.0 Å². The molecular weight excluding hydrogens is 350 g/mol. The Morgan fingerprint density at radius 1 is 1.30 bits per heavy atom. The van der Waals surface area contributed by atoms with Gasteiger partial charge in [-0.2, -0.15) is 15.2 Å². The summed E-state index contributed by atoms with van der Waals surface area (Å²) in [6.07, 6.45) is 6.59. The first-order valence-corrected chi connectivity index (χ1v) is 8.83. The number of carbonyl (C=O) groups excluding carboxylic acids is 1. The van der Waals surface area contributed by atoms with E-state index in [0.29, 0.717) is 29.4 Å². The maximum absolute atomic E-state index is 13.3. The molecule has 10 nitrogen and oxygen atoms in total. The first kappa shape index (κ1) is 17.1. The van der Waals surface area contributed by atoms with Crippen molar-refractivity contribution in [2.45, 2.75) is 38.6 Å². The smallest absolute Gasteiger partial charge is 0.264 e. The van der Waals surface area contributed by atoms with Crippen LogP contribution in [-0.2, 0) is 0 Å². The van der Waals surface area contributed by atoms with Crippen LogP contribution in [0.4, 0.5) is 0 Å². The van der Waals surface area contributed by atoms with Crippen LogP contribution in [0.2, 0.25) is 0 Å². The zero-order valence-electron chi connectivity index (χ0n) is 14.8. The molecular formula is C17H19N7O3. The Kier molecular flexibility index (Phi) is 4.53. The lowest BCUT2D eigenvalue weighted by atomic mass is 10.1. The summed E-state index contributed by atoms with van der Waals surface area (Å²) in [7, 11) is 0. The molecule has 1 atom stereocenters. The minimum Gasteiger partial charge on any atom is -0.343 e. The van der Waals surface area contributed by atoms with Crippen molar-refractivity contribution < 1.29 is 9.32 Å². The van der Waals surface area contributed by atoms with E-state index in [9.17, 15) is 9.59 Å². The zero-order chi connectivity index (χ0) is 18.8. The minimum atomic E-state index is -0.299. The van der Waals surface area contributed by atoms with Gasteiger partial charge in [-0.3, -0.25) is 9.59 Å². The van der Waals surface area contributed by atoms with E-state index in [1.54, 1.807) is 17.9 Å². The molecule has 3 aromatic heterocycles. The number of hydrogen-bond donors (Lipinski definition) is 1. The van der Waals surface area contributed by atoms with Crippen LogP contribution >= 0.6 is 0 Å². The Labute approximate surface area is 154 Å². The van der Waals surface area contributed by atoms with E-state index in [2.05, 4.69) is 25.4 Å². The first-order chi connectivity index (χ1) is 13.1. The number of rotatable bonds is 3. The molecule has 0 aromatic carbocycles. The topological polar surface area (TPSA) is 123 Å². The molecule has 0 aliphatic carbocycles. The summed E-state index contributed by atoms with van der Waals surface area (Å²) < 4.78 is 6.42. The highest BCUT2D eigenvalue weighted by molar-refractivity contribution is 5.95. The van der Waals surface area contributed by atoms with Gasteiger partial charge < -0.3 is 9.42 Å². The normalized spacial score (nSPS) is 17.7. The minimum absolute atomic E-state index is 0.125. The van der Waals surface area contributed by atoms with Crippen molar-refractivity contribution in [2.75, 3.05) is 6.54 Å². The summed E-state index contributed by atoms with van der Waals surface area (Å²) in [4.78, 5) is 30.5. The molecule has 1 unspecified atom stereocenters. The van der Waals surface area contributed by atoms with Gasteiger partial charge >= 0.3 is 0 Å². The van der Waals surface area contributed by atoms with Crippen LogP contribution in [0.5, 0.6) is 0 Å². The molecule has 1 aliphatic rings. The molecule has 1 aliphatic heterocycles. The lowest BCUT2D eigenvalue weighted by Gasteiger charge is -2.27. The Morgan fingerprint density at radius 2 is 2.19 bits per heavy atom. The van der Waals surface area contributed by atoms with E-state index in [4.69, 9.17) is 4.52 Å². The summed E-state index contributed by atoms with van der Waals surface area (Å²) in [5.41, 5.74) is 0.835. The molecule has 1 saturated heterocycles. The van der Waals surface area contributed by atoms with E-state index in [-0.39, 0.29) is 17.5 Å². The van der Waals surface area contributed by atoms with Gasteiger partial charge in [0.15, 0.2) is 11.6 Å². The Bertz CT molecular complexity index is 972. The van der Waals surface area contributed by atoms with Crippen LogP contribution in [0.15, 0.2) is 34.0 Å². The molecule has 1 amide bonds. The van der Waals surface area contributed by atoms with Gasteiger partial charge in [0.05, 0.1) is 23.5 Å². The third-order valence-corrected chi connectivity index (χ3v) is 4.81. The number of aromatic nitrogens is 6. The average molecular weight is 369 g/mol. The molecule has 3 aromatic rings. The van der Waals surface area contributed by atoms with E-state index in [0.717, 1.165) is 25.7 Å². The Hall–Kier alpha value is -3.30. The number of carbonyl (C=O) groups is 1. The molecule has 1 N–H and O–H groups in total. The number of hydrogen-bond acceptors (Lipinski definition) is 7. The molecule has 0 spiro atoms. The first-order valence-electron chi connectivity index (χ1n) is 8.83. The summed E-state index contributed by atoms with van der Waals surface area (Å²) in [5, 5.41) is 14.6. The molecule has 10 heteroatoms. The van der Waals surface area contributed by atoms with Crippen molar-refractivity contribution in [3.8, 4) is 5.82 Å². The molecule has 0 radical (unpaired) electrons. The highest BCUT2D eigenvalue weighted by atomic mass is 16.5. The second-order valence-electron chi connectivity index (χ2n) is 6.49. The molecule has 0 bridgehead atoms. The van der Waals surface area contributed by atoms with Gasteiger partial charge in [-0.05, 0) is 25.8 Å². The van der Waals surface area contributed by atoms with Gasteiger partial charge in [0.1, 0.15) is 0 Å². The quantitative estimate of drug-likeness (QED) is 0.740. The number of nitrogens with one attached hydrogen (secondary N) is 1. The predicted molar refractivity (Wildman–Crippen MR) is 93.3 cm³/mol. The number of H-pyrrole nitrogens is 1. The third kappa shape index (κ3) is 3.25. The highest BCUT2D eigenvalue weighted by Gasteiger charge is 2.32. The van der Waals surface area contributed by atoms with Crippen molar-refractivity contribution >= 4 is 5.91 Å². The van der Waals surface area contributed by atoms with Gasteiger partial charge in [-0.15, -0.1) is 0 Å². The standard InChI is InChI=1S/C17H19N7O3/c1-11-12(9-19-24(11)14-6-7-15(25)21-20-14)17(26)23-8-4-2-3-5-13(23)16-18-10-27-22-16/h6-7,9-10,13H,2-5,8H2,1H3,(H,21,25). The summed E-state index contributed by atoms with van der Waals surface area (Å²) in [6, 6.07) is 2.71. The van der Waals surface area contributed by atoms with Crippen molar-refractivity contribution in [3.05, 3.63) is 52.2 Å². The SMILES string of the molecule is Cc1c(C(=O)N2CCCCCC2c2ncon2)cnn1-c1ccc(=O)[nH]n1. The second kappa shape index (κ2) is 7.14. The number of amides is 1. The Morgan fingerprint density at radius 3 is 2.93 bits per heavy atom. The Balaban J connectivity index is 1.67. The van der Waals surface area contributed by atoms with Gasteiger partial charge in [0.2, 0.25) is 6.39 Å². The van der Waals surface area contributed by atoms with Crippen molar-refractivity contribution in [2.24, 2.45) is 0 Å². The lowest BCUT2D eigenvalue weighted by molar-refractivity contribution is 0.0669. The molecule has 140 valence electrons. The zero-order valence-corrected chi connectivity index (χ0v) is 14.8. The van der Waals surface area contributed by atoms with Crippen molar-refractivity contribution in [1.29, 1.82) is 0 Å². The molecule has 27 heavy (non-hydrogen) atoms. The summed E-state index contributed by atoms with van der Waals surface area (Å²) >= 11 is 0. The van der Waals surface area contributed by atoms with Gasteiger partial charge in [-0.25, -0.2) is 9.78 Å². The van der Waals surface area contributed by atoms with E-state index in [1.807, 2.05) is 0 Å². The summed E-state index contributed by atoms with van der Waals surface area (Å²) in [5.74, 6) is 0.842. The molecule has 0 saturated carbocycles. The fourth-order valence-electron chi connectivity index (χ4n) is 3.41. The van der Waals surface area contributed by atoms with Crippen LogP contribution in [0.1, 0.15) is 53.6 Å². The maximum atomic E-state index is 13.3. The average Bonchev–Trinajstić information content (AvgIpc) is 3.26. The van der Waals surface area contributed by atoms with Crippen molar-refractivity contribution in [3.63, 3.8) is 0 Å². The van der Waals surface area contributed by atoms with Crippen LogP contribution in [0, 0.1) is 6.92 Å². The fourth-order valence-corrected chi connectivity index (χ4v) is 3.41. The predicted octanol–water partition coefficient (Wildman–Crippen LogP) is 1.40. The molecule has 4 rings (SSSR count). The van der Waals surface area contributed by atoms with Crippen LogP contribution in [0.3, 0.4) is 0 Å². The van der Waals surface area contributed by atoms with E-state index in [1.165, 1.54) is 23.3 Å².